The molecule has 0 amide bonds. The van der Waals surface area contributed by atoms with Gasteiger partial charge in [0.05, 0.1) is 0 Å². The van der Waals surface area contributed by atoms with E-state index in [2.05, 4.69) is 172 Å². The molecule has 1 heteroatoms. The van der Waals surface area contributed by atoms with Crippen molar-refractivity contribution in [3.8, 4) is 33.4 Å². The van der Waals surface area contributed by atoms with Gasteiger partial charge in [0.25, 0.3) is 0 Å². The molecule has 6 aromatic carbocycles. The fourth-order valence-corrected chi connectivity index (χ4v) is 8.58. The number of hydrogen-bond acceptors (Lipinski definition) is 1. The predicted octanol–water partition coefficient (Wildman–Crippen LogP) is 12.5. The molecule has 0 spiro atoms. The zero-order valence-corrected chi connectivity index (χ0v) is 27.6. The van der Waals surface area contributed by atoms with Gasteiger partial charge in [0.2, 0.25) is 0 Å². The molecule has 0 unspecified atom stereocenters. The highest BCUT2D eigenvalue weighted by atomic mass is 15.1. The van der Waals surface area contributed by atoms with Gasteiger partial charge in [-0.1, -0.05) is 119 Å². The molecule has 0 saturated carbocycles. The van der Waals surface area contributed by atoms with E-state index in [4.69, 9.17) is 0 Å². The van der Waals surface area contributed by atoms with Gasteiger partial charge in [-0.15, -0.1) is 0 Å². The van der Waals surface area contributed by atoms with E-state index >= 15 is 0 Å². The van der Waals surface area contributed by atoms with Gasteiger partial charge in [-0.3, -0.25) is 0 Å². The van der Waals surface area contributed by atoms with E-state index in [0.29, 0.717) is 0 Å². The highest BCUT2D eigenvalue weighted by Gasteiger charge is 2.42. The van der Waals surface area contributed by atoms with Crippen molar-refractivity contribution in [1.29, 1.82) is 0 Å². The van der Waals surface area contributed by atoms with E-state index in [9.17, 15) is 0 Å². The monoisotopic (exact) mass is 605 g/mol. The molecule has 0 bridgehead atoms. The minimum absolute atomic E-state index is 0.121. The van der Waals surface area contributed by atoms with Gasteiger partial charge in [0.1, 0.15) is 0 Å². The molecular formula is C46H39N. The lowest BCUT2D eigenvalue weighted by Crippen LogP contribution is -2.19. The summed E-state index contributed by atoms with van der Waals surface area (Å²) in [4.78, 5) is 2.42. The Balaban J connectivity index is 1.22. The summed E-state index contributed by atoms with van der Waals surface area (Å²) in [7, 11) is 0. The van der Waals surface area contributed by atoms with Crippen molar-refractivity contribution in [2.45, 2.75) is 51.4 Å². The molecular weight excluding hydrogens is 567 g/mol. The minimum Gasteiger partial charge on any atom is -0.311 e. The van der Waals surface area contributed by atoms with Crippen molar-refractivity contribution in [1.82, 2.24) is 0 Å². The van der Waals surface area contributed by atoms with Crippen molar-refractivity contribution in [2.75, 3.05) is 4.90 Å². The van der Waals surface area contributed by atoms with Gasteiger partial charge in [0, 0.05) is 27.9 Å². The summed E-state index contributed by atoms with van der Waals surface area (Å²) in [6.07, 6.45) is 9.12. The summed E-state index contributed by atoms with van der Waals surface area (Å²) >= 11 is 0. The van der Waals surface area contributed by atoms with Crippen molar-refractivity contribution in [2.24, 2.45) is 0 Å². The molecule has 0 N–H and O–H groups in total. The summed E-state index contributed by atoms with van der Waals surface area (Å²) < 4.78 is 0. The Hall–Kier alpha value is -5.14. The van der Waals surface area contributed by atoms with Gasteiger partial charge < -0.3 is 4.90 Å². The lowest BCUT2D eigenvalue weighted by molar-refractivity contribution is 0.652. The third-order valence-corrected chi connectivity index (χ3v) is 11.0. The van der Waals surface area contributed by atoms with Gasteiger partial charge in [-0.05, 0) is 128 Å². The van der Waals surface area contributed by atoms with Crippen LogP contribution in [0.15, 0.2) is 145 Å². The summed E-state index contributed by atoms with van der Waals surface area (Å²) in [6.45, 7) is 9.66. The molecule has 0 aliphatic heterocycles. The maximum absolute atomic E-state index is 2.55. The molecule has 47 heavy (non-hydrogen) atoms. The van der Waals surface area contributed by atoms with Crippen LogP contribution in [0.3, 0.4) is 0 Å². The Labute approximate surface area is 278 Å². The lowest BCUT2D eigenvalue weighted by Gasteiger charge is -2.29. The van der Waals surface area contributed by atoms with Crippen molar-refractivity contribution >= 4 is 22.1 Å². The quantitative estimate of drug-likeness (QED) is 0.193. The first-order valence-corrected chi connectivity index (χ1v) is 17.0. The molecule has 1 nitrogen and oxygen atoms in total. The van der Waals surface area contributed by atoms with E-state index < -0.39 is 0 Å². The second-order valence-electron chi connectivity index (χ2n) is 14.5. The Kier molecular flexibility index (Phi) is 6.09. The topological polar surface area (TPSA) is 3.24 Å². The summed E-state index contributed by atoms with van der Waals surface area (Å²) in [5.41, 5.74) is 17.2. The van der Waals surface area contributed by atoms with E-state index in [0.717, 1.165) is 12.8 Å². The SMILES string of the molecule is CC1(C)c2cc(N(C3=CCCC=C3)c3ccccc3)ccc2-c2cc3c(cc21)-c1c(cc(-c2ccccc2)c2ccccc12)C3(C)C. The van der Waals surface area contributed by atoms with Crippen LogP contribution in [0.5, 0.6) is 0 Å². The number of nitrogens with zero attached hydrogens (tertiary/aromatic N) is 1. The Morgan fingerprint density at radius 3 is 1.85 bits per heavy atom. The first-order valence-electron chi connectivity index (χ1n) is 17.0. The first-order chi connectivity index (χ1) is 22.8. The number of anilines is 2. The minimum atomic E-state index is -0.137. The highest BCUT2D eigenvalue weighted by Crippen LogP contribution is 2.58. The van der Waals surface area contributed by atoms with Crippen molar-refractivity contribution in [3.63, 3.8) is 0 Å². The maximum Gasteiger partial charge on any atom is 0.0464 e. The Morgan fingerprint density at radius 1 is 0.489 bits per heavy atom. The fourth-order valence-electron chi connectivity index (χ4n) is 8.58. The summed E-state index contributed by atoms with van der Waals surface area (Å²) in [5.74, 6) is 0. The lowest BCUT2D eigenvalue weighted by atomic mass is 9.79. The molecule has 0 atom stereocenters. The van der Waals surface area contributed by atoms with Crippen LogP contribution in [0.1, 0.15) is 62.8 Å². The van der Waals surface area contributed by atoms with Crippen LogP contribution in [-0.4, -0.2) is 0 Å². The van der Waals surface area contributed by atoms with Crippen LogP contribution >= 0.6 is 0 Å². The number of fused-ring (bicyclic) bond motifs is 8. The average Bonchev–Trinajstić information content (AvgIpc) is 3.47. The highest BCUT2D eigenvalue weighted by molar-refractivity contribution is 6.09. The van der Waals surface area contributed by atoms with Crippen LogP contribution in [0.2, 0.25) is 0 Å². The van der Waals surface area contributed by atoms with Crippen molar-refractivity contribution in [3.05, 3.63) is 168 Å². The van der Waals surface area contributed by atoms with Crippen molar-refractivity contribution < 1.29 is 0 Å². The number of allylic oxidation sites excluding steroid dienone is 3. The van der Waals surface area contributed by atoms with Gasteiger partial charge in [-0.2, -0.15) is 0 Å². The van der Waals surface area contributed by atoms with Gasteiger partial charge in [0.15, 0.2) is 0 Å². The number of benzene rings is 6. The molecule has 3 aliphatic rings. The third-order valence-electron chi connectivity index (χ3n) is 11.0. The van der Waals surface area contributed by atoms with Crippen LogP contribution in [0, 0.1) is 0 Å². The van der Waals surface area contributed by atoms with E-state index in [-0.39, 0.29) is 10.8 Å². The largest absolute Gasteiger partial charge is 0.311 e. The predicted molar refractivity (Wildman–Crippen MR) is 200 cm³/mol. The zero-order valence-electron chi connectivity index (χ0n) is 27.6. The van der Waals surface area contributed by atoms with E-state index in [1.165, 1.54) is 83.5 Å². The molecule has 228 valence electrons. The second kappa shape index (κ2) is 10.2. The molecule has 0 fully saturated rings. The van der Waals surface area contributed by atoms with Crippen LogP contribution in [-0.2, 0) is 10.8 Å². The third kappa shape index (κ3) is 4.09. The summed E-state index contributed by atoms with van der Waals surface area (Å²) in [5, 5.41) is 2.67. The Bertz CT molecular complexity index is 2280. The molecule has 6 aromatic rings. The smallest absolute Gasteiger partial charge is 0.0464 e. The number of rotatable bonds is 4. The number of para-hydroxylation sites is 1. The summed E-state index contributed by atoms with van der Waals surface area (Å²) in [6, 6.07) is 45.4. The zero-order chi connectivity index (χ0) is 31.9. The van der Waals surface area contributed by atoms with Crippen LogP contribution in [0.4, 0.5) is 11.4 Å². The fraction of sp³-hybridized carbons (Fsp3) is 0.174. The molecule has 3 aliphatic carbocycles. The normalized spacial score (nSPS) is 16.3. The molecule has 0 radical (unpaired) electrons. The van der Waals surface area contributed by atoms with Crippen LogP contribution < -0.4 is 4.90 Å². The molecule has 9 rings (SSSR count). The van der Waals surface area contributed by atoms with Gasteiger partial charge in [-0.25, -0.2) is 0 Å². The van der Waals surface area contributed by atoms with Crippen LogP contribution in [0.25, 0.3) is 44.2 Å². The number of hydrogen-bond donors (Lipinski definition) is 0. The van der Waals surface area contributed by atoms with E-state index in [1.807, 2.05) is 0 Å². The first kappa shape index (κ1) is 28.1. The van der Waals surface area contributed by atoms with Gasteiger partial charge >= 0.3 is 0 Å². The molecule has 0 heterocycles. The molecule has 0 aromatic heterocycles. The average molecular weight is 606 g/mol. The second-order valence-corrected chi connectivity index (χ2v) is 14.5. The van der Waals surface area contributed by atoms with E-state index in [1.54, 1.807) is 0 Å². The Morgan fingerprint density at radius 2 is 1.11 bits per heavy atom. The maximum atomic E-state index is 2.55. The standard InChI is InChI=1S/C46H39N/c1-45(2)40-26-33(47(31-18-10-6-11-19-31)32-20-12-7-13-21-32)24-25-35(40)38-28-42-39(29-41(38)45)44-36-23-15-14-22-34(36)37(27-43(44)46(42,3)4)30-16-8-5-9-17-30/h5-6,8-12,14-29H,7,13H2,1-4H3. The molecule has 0 saturated heterocycles.